The first kappa shape index (κ1) is 22.3. The Balaban J connectivity index is 2.08. The molecule has 3 rings (SSSR count). The average Bonchev–Trinajstić information content (AvgIpc) is 2.72. The highest BCUT2D eigenvalue weighted by atomic mass is 19.2. The number of nitrogens with zero attached hydrogens (tertiary/aromatic N) is 1. The minimum Gasteiger partial charge on any atom is -0.458 e. The highest BCUT2D eigenvalue weighted by Gasteiger charge is 2.38. The third-order valence-electron chi connectivity index (χ3n) is 5.07. The maximum absolute atomic E-state index is 14.5. The number of amides is 1. The van der Waals surface area contributed by atoms with E-state index in [1.54, 1.807) is 0 Å². The molecule has 0 unspecified atom stereocenters. The number of halogens is 4. The number of benzene rings is 2. The molecule has 0 N–H and O–H groups in total. The Morgan fingerprint density at radius 1 is 1.19 bits per heavy atom. The Morgan fingerprint density at radius 3 is 2.61 bits per heavy atom. The van der Waals surface area contributed by atoms with Crippen molar-refractivity contribution in [2.75, 3.05) is 6.61 Å². The number of hydrogen-bond donors (Lipinski definition) is 0. The summed E-state index contributed by atoms with van der Waals surface area (Å²) in [6, 6.07) is 6.43. The minimum atomic E-state index is -1.11. The molecule has 31 heavy (non-hydrogen) atoms. The Labute approximate surface area is 176 Å². The molecule has 0 aromatic heterocycles. The summed E-state index contributed by atoms with van der Waals surface area (Å²) in [6.45, 7) is 4.45. The molecule has 0 radical (unpaired) electrons. The highest BCUT2D eigenvalue weighted by Crippen LogP contribution is 2.39. The third-order valence-corrected chi connectivity index (χ3v) is 5.07. The summed E-state index contributed by atoms with van der Waals surface area (Å²) in [6.07, 6.45) is 1.00. The van der Waals surface area contributed by atoms with E-state index in [0.717, 1.165) is 17.0 Å². The zero-order chi connectivity index (χ0) is 22.7. The van der Waals surface area contributed by atoms with Crippen LogP contribution in [0.4, 0.5) is 17.6 Å². The van der Waals surface area contributed by atoms with Crippen LogP contribution in [0.2, 0.25) is 0 Å². The normalized spacial score (nSPS) is 16.5. The van der Waals surface area contributed by atoms with Gasteiger partial charge in [-0.15, -0.1) is 0 Å². The van der Waals surface area contributed by atoms with Gasteiger partial charge in [-0.1, -0.05) is 30.9 Å². The van der Waals surface area contributed by atoms with Gasteiger partial charge in [-0.25, -0.2) is 22.4 Å². The molecule has 0 saturated carbocycles. The van der Waals surface area contributed by atoms with Crippen molar-refractivity contribution < 1.29 is 31.9 Å². The summed E-state index contributed by atoms with van der Waals surface area (Å²) in [4.78, 5) is 26.7. The van der Waals surface area contributed by atoms with Gasteiger partial charge in [0.25, 0.3) is 0 Å². The first-order valence-corrected chi connectivity index (χ1v) is 9.41. The first-order valence-electron chi connectivity index (χ1n) is 9.41. The minimum absolute atomic E-state index is 0.0243. The van der Waals surface area contributed by atoms with E-state index in [0.29, 0.717) is 6.07 Å². The lowest BCUT2D eigenvalue weighted by Crippen LogP contribution is -2.38. The molecule has 1 amide bonds. The van der Waals surface area contributed by atoms with Crippen LogP contribution in [0, 0.1) is 23.3 Å². The van der Waals surface area contributed by atoms with Gasteiger partial charge in [0.1, 0.15) is 18.2 Å². The zero-order valence-corrected chi connectivity index (χ0v) is 16.6. The van der Waals surface area contributed by atoms with Crippen molar-refractivity contribution in [3.8, 4) is 0 Å². The number of hydrogen-bond acceptors (Lipinski definition) is 3. The van der Waals surface area contributed by atoms with E-state index in [2.05, 4.69) is 6.58 Å². The van der Waals surface area contributed by atoms with Crippen LogP contribution in [0.3, 0.4) is 0 Å². The number of esters is 1. The van der Waals surface area contributed by atoms with Crippen LogP contribution in [-0.2, 0) is 20.9 Å². The smallest absolute Gasteiger partial charge is 0.336 e. The molecule has 1 aliphatic heterocycles. The van der Waals surface area contributed by atoms with Crippen molar-refractivity contribution in [3.63, 3.8) is 0 Å². The number of carbonyl (C=O) groups is 2. The van der Waals surface area contributed by atoms with Crippen molar-refractivity contribution in [1.29, 1.82) is 0 Å². The Kier molecular flexibility index (Phi) is 6.58. The van der Waals surface area contributed by atoms with Crippen LogP contribution in [0.15, 0.2) is 60.3 Å². The molecule has 0 fully saturated rings. The van der Waals surface area contributed by atoms with Crippen LogP contribution < -0.4 is 0 Å². The molecule has 8 heteroatoms. The fourth-order valence-electron chi connectivity index (χ4n) is 3.57. The van der Waals surface area contributed by atoms with Gasteiger partial charge in [-0.2, -0.15) is 0 Å². The van der Waals surface area contributed by atoms with E-state index in [1.165, 1.54) is 31.2 Å². The maximum Gasteiger partial charge on any atom is 0.336 e. The number of rotatable bonds is 6. The molecule has 1 aliphatic rings. The maximum atomic E-state index is 14.5. The van der Waals surface area contributed by atoms with Gasteiger partial charge >= 0.3 is 5.97 Å². The van der Waals surface area contributed by atoms with Gasteiger partial charge in [0.2, 0.25) is 5.91 Å². The second-order valence-corrected chi connectivity index (χ2v) is 7.00. The Bertz CT molecular complexity index is 1080. The summed E-state index contributed by atoms with van der Waals surface area (Å²) in [5, 5.41) is 0. The Hall–Kier alpha value is -3.42. The second kappa shape index (κ2) is 9.16. The van der Waals surface area contributed by atoms with Crippen LogP contribution in [0.25, 0.3) is 0 Å². The second-order valence-electron chi connectivity index (χ2n) is 7.00. The molecule has 0 spiro atoms. The molecule has 1 atom stereocenters. The van der Waals surface area contributed by atoms with E-state index in [9.17, 15) is 27.2 Å². The fraction of sp³-hybridized carbons (Fsp3) is 0.217. The molecule has 2 aromatic rings. The zero-order valence-electron chi connectivity index (χ0n) is 16.6. The van der Waals surface area contributed by atoms with Crippen molar-refractivity contribution in [2.24, 2.45) is 0 Å². The molecule has 2 aromatic carbocycles. The van der Waals surface area contributed by atoms with Crippen molar-refractivity contribution in [1.82, 2.24) is 4.90 Å². The van der Waals surface area contributed by atoms with Crippen molar-refractivity contribution in [2.45, 2.75) is 25.8 Å². The lowest BCUT2D eigenvalue weighted by Gasteiger charge is -2.34. The number of carbonyl (C=O) groups excluding carboxylic acids is 2. The van der Waals surface area contributed by atoms with E-state index in [1.807, 2.05) is 0 Å². The van der Waals surface area contributed by atoms with Crippen LogP contribution in [0.5, 0.6) is 0 Å². The Morgan fingerprint density at radius 2 is 1.94 bits per heavy atom. The first-order chi connectivity index (χ1) is 14.7. The summed E-state index contributed by atoms with van der Waals surface area (Å²) >= 11 is 0. The molecule has 4 nitrogen and oxygen atoms in total. The lowest BCUT2D eigenvalue weighted by atomic mass is 9.83. The topological polar surface area (TPSA) is 46.6 Å². The largest absolute Gasteiger partial charge is 0.458 e. The SMILES string of the molecule is C=CCOC(=O)C1=C(C)N(Cc2cccc(F)c2F)C(=O)C[C@H]1c1ccc(F)cc1F. The third kappa shape index (κ3) is 4.52. The van der Waals surface area contributed by atoms with Crippen LogP contribution in [0.1, 0.15) is 30.4 Å². The van der Waals surface area contributed by atoms with Crippen LogP contribution in [-0.4, -0.2) is 23.4 Å². The van der Waals surface area contributed by atoms with Gasteiger partial charge in [0.05, 0.1) is 12.1 Å². The van der Waals surface area contributed by atoms with Crippen molar-refractivity contribution >= 4 is 11.9 Å². The summed E-state index contributed by atoms with van der Waals surface area (Å²) in [5.74, 6) is -6.27. The molecule has 0 bridgehead atoms. The molecule has 1 heterocycles. The summed E-state index contributed by atoms with van der Waals surface area (Å²) < 4.78 is 60.7. The van der Waals surface area contributed by atoms with E-state index in [-0.39, 0.29) is 42.0 Å². The average molecular weight is 433 g/mol. The standard InChI is InChI=1S/C23H19F4NO3/c1-3-9-31-23(30)21-13(2)28(12-14-5-4-6-18(25)22(14)27)20(29)11-17(21)16-8-7-15(24)10-19(16)26/h3-8,10,17H,1,9,11-12H2,2H3/t17-/m0/s1. The van der Waals surface area contributed by atoms with Gasteiger partial charge in [-0.3, -0.25) is 4.79 Å². The monoisotopic (exact) mass is 433 g/mol. The van der Waals surface area contributed by atoms with Crippen molar-refractivity contribution in [3.05, 3.63) is 94.7 Å². The predicted molar refractivity (Wildman–Crippen MR) is 104 cm³/mol. The molecular weight excluding hydrogens is 414 g/mol. The molecular formula is C23H19F4NO3. The number of allylic oxidation sites excluding steroid dienone is 1. The van der Waals surface area contributed by atoms with E-state index in [4.69, 9.17) is 4.74 Å². The molecule has 162 valence electrons. The predicted octanol–water partition coefficient (Wildman–Crippen LogP) is 4.76. The molecule has 0 aliphatic carbocycles. The summed E-state index contributed by atoms with van der Waals surface area (Å²) in [5.41, 5.74) is -0.0411. The lowest BCUT2D eigenvalue weighted by molar-refractivity contribution is -0.139. The van der Waals surface area contributed by atoms with Gasteiger partial charge < -0.3 is 9.64 Å². The van der Waals surface area contributed by atoms with Crippen LogP contribution >= 0.6 is 0 Å². The van der Waals surface area contributed by atoms with Gasteiger partial charge in [-0.05, 0) is 24.6 Å². The van der Waals surface area contributed by atoms with E-state index < -0.39 is 41.1 Å². The quantitative estimate of drug-likeness (QED) is 0.375. The number of ether oxygens (including phenoxy) is 1. The van der Waals surface area contributed by atoms with Gasteiger partial charge in [0.15, 0.2) is 11.6 Å². The van der Waals surface area contributed by atoms with E-state index >= 15 is 0 Å². The highest BCUT2D eigenvalue weighted by molar-refractivity contribution is 5.96. The van der Waals surface area contributed by atoms with Gasteiger partial charge in [0, 0.05) is 29.7 Å². The summed E-state index contributed by atoms with van der Waals surface area (Å²) in [7, 11) is 0. The fourth-order valence-corrected chi connectivity index (χ4v) is 3.57. The molecule has 0 saturated heterocycles.